The third-order valence-electron chi connectivity index (χ3n) is 2.21. The standard InChI is InChI=1S/C9H17NO3S/c1-9(13,6-11)5-10-8(12)7-3-2-4-14-7/h7,11,13H,2-6H2,1H3,(H,10,12). The summed E-state index contributed by atoms with van der Waals surface area (Å²) >= 11 is 1.65. The minimum Gasteiger partial charge on any atom is -0.393 e. The van der Waals surface area contributed by atoms with E-state index in [0.29, 0.717) is 0 Å². The summed E-state index contributed by atoms with van der Waals surface area (Å²) in [6, 6.07) is 0. The molecule has 3 N–H and O–H groups in total. The van der Waals surface area contributed by atoms with Crippen LogP contribution >= 0.6 is 11.8 Å². The Morgan fingerprint density at radius 1 is 1.71 bits per heavy atom. The van der Waals surface area contributed by atoms with Crippen molar-refractivity contribution in [2.75, 3.05) is 18.9 Å². The van der Waals surface area contributed by atoms with Crippen molar-refractivity contribution in [3.8, 4) is 0 Å². The number of hydrogen-bond acceptors (Lipinski definition) is 4. The summed E-state index contributed by atoms with van der Waals surface area (Å²) in [5, 5.41) is 20.9. The van der Waals surface area contributed by atoms with Gasteiger partial charge in [-0.1, -0.05) is 0 Å². The number of carbonyl (C=O) groups excluding carboxylic acids is 1. The zero-order chi connectivity index (χ0) is 10.6. The lowest BCUT2D eigenvalue weighted by molar-refractivity contribution is -0.122. The van der Waals surface area contributed by atoms with Crippen LogP contribution in [0.4, 0.5) is 0 Å². The molecule has 0 aromatic rings. The largest absolute Gasteiger partial charge is 0.393 e. The number of nitrogens with one attached hydrogen (secondary N) is 1. The molecule has 0 bridgehead atoms. The van der Waals surface area contributed by atoms with Crippen molar-refractivity contribution in [2.24, 2.45) is 0 Å². The minimum atomic E-state index is -1.21. The van der Waals surface area contributed by atoms with E-state index in [2.05, 4.69) is 5.32 Å². The lowest BCUT2D eigenvalue weighted by Gasteiger charge is -2.21. The highest BCUT2D eigenvalue weighted by atomic mass is 32.2. The van der Waals surface area contributed by atoms with Crippen LogP contribution in [-0.4, -0.2) is 45.9 Å². The molecule has 14 heavy (non-hydrogen) atoms. The van der Waals surface area contributed by atoms with Crippen molar-refractivity contribution in [1.82, 2.24) is 5.32 Å². The molecule has 0 aromatic carbocycles. The van der Waals surface area contributed by atoms with E-state index in [4.69, 9.17) is 5.11 Å². The molecule has 4 nitrogen and oxygen atoms in total. The minimum absolute atomic E-state index is 0.0266. The van der Waals surface area contributed by atoms with Gasteiger partial charge in [0, 0.05) is 6.54 Å². The normalized spacial score (nSPS) is 25.8. The second-order valence-corrected chi connectivity index (χ2v) is 5.19. The summed E-state index contributed by atoms with van der Waals surface area (Å²) in [6.45, 7) is 1.26. The van der Waals surface area contributed by atoms with E-state index in [1.54, 1.807) is 11.8 Å². The van der Waals surface area contributed by atoms with Gasteiger partial charge in [0.25, 0.3) is 0 Å². The molecule has 1 rings (SSSR count). The van der Waals surface area contributed by atoms with Gasteiger partial charge >= 0.3 is 0 Å². The van der Waals surface area contributed by atoms with Crippen LogP contribution in [0, 0.1) is 0 Å². The fourth-order valence-corrected chi connectivity index (χ4v) is 2.42. The van der Waals surface area contributed by atoms with Gasteiger partial charge in [0.1, 0.15) is 5.60 Å². The predicted octanol–water partition coefficient (Wildman–Crippen LogP) is -0.259. The predicted molar refractivity (Wildman–Crippen MR) is 56.2 cm³/mol. The van der Waals surface area contributed by atoms with Crippen molar-refractivity contribution in [1.29, 1.82) is 0 Å². The highest BCUT2D eigenvalue weighted by Crippen LogP contribution is 2.25. The molecule has 1 fully saturated rings. The van der Waals surface area contributed by atoms with Gasteiger partial charge in [-0.05, 0) is 25.5 Å². The Morgan fingerprint density at radius 3 is 2.93 bits per heavy atom. The van der Waals surface area contributed by atoms with Crippen LogP contribution in [0.5, 0.6) is 0 Å². The Bertz CT molecular complexity index is 202. The summed E-state index contributed by atoms with van der Waals surface area (Å²) < 4.78 is 0. The summed E-state index contributed by atoms with van der Waals surface area (Å²) in [5.41, 5.74) is -1.21. The van der Waals surface area contributed by atoms with E-state index in [1.807, 2.05) is 0 Å². The number of thioether (sulfide) groups is 1. The molecule has 1 aliphatic heterocycles. The number of carbonyl (C=O) groups is 1. The molecule has 1 aliphatic rings. The van der Waals surface area contributed by atoms with Gasteiger partial charge < -0.3 is 15.5 Å². The molecule has 0 aromatic heterocycles. The van der Waals surface area contributed by atoms with Crippen LogP contribution in [0.2, 0.25) is 0 Å². The first-order valence-electron chi connectivity index (χ1n) is 4.78. The highest BCUT2D eigenvalue weighted by molar-refractivity contribution is 8.00. The zero-order valence-electron chi connectivity index (χ0n) is 8.32. The van der Waals surface area contributed by atoms with E-state index in [1.165, 1.54) is 6.92 Å². The Hall–Kier alpha value is -0.260. The molecule has 5 heteroatoms. The number of amides is 1. The third-order valence-corrected chi connectivity index (χ3v) is 3.58. The van der Waals surface area contributed by atoms with Crippen molar-refractivity contribution in [2.45, 2.75) is 30.6 Å². The fourth-order valence-electron chi connectivity index (χ4n) is 1.23. The molecular formula is C9H17NO3S. The summed E-state index contributed by atoms with van der Waals surface area (Å²) in [6.07, 6.45) is 2.00. The molecular weight excluding hydrogens is 202 g/mol. The van der Waals surface area contributed by atoms with Gasteiger partial charge in [0.05, 0.1) is 11.9 Å². The maximum Gasteiger partial charge on any atom is 0.233 e. The first-order chi connectivity index (χ1) is 6.55. The average Bonchev–Trinajstić information content (AvgIpc) is 2.67. The van der Waals surface area contributed by atoms with Crippen molar-refractivity contribution >= 4 is 17.7 Å². The van der Waals surface area contributed by atoms with Gasteiger partial charge in [0.15, 0.2) is 0 Å². The van der Waals surface area contributed by atoms with E-state index < -0.39 is 5.60 Å². The number of hydrogen-bond donors (Lipinski definition) is 3. The first kappa shape index (κ1) is 11.8. The molecule has 1 heterocycles. The average molecular weight is 219 g/mol. The molecule has 2 unspecified atom stereocenters. The zero-order valence-corrected chi connectivity index (χ0v) is 9.14. The van der Waals surface area contributed by atoms with Crippen molar-refractivity contribution < 1.29 is 15.0 Å². The van der Waals surface area contributed by atoms with E-state index >= 15 is 0 Å². The van der Waals surface area contributed by atoms with Crippen LogP contribution in [0.15, 0.2) is 0 Å². The number of aliphatic hydroxyl groups is 2. The monoisotopic (exact) mass is 219 g/mol. The van der Waals surface area contributed by atoms with Crippen LogP contribution < -0.4 is 5.32 Å². The van der Waals surface area contributed by atoms with E-state index in [9.17, 15) is 9.90 Å². The smallest absolute Gasteiger partial charge is 0.233 e. The van der Waals surface area contributed by atoms with Crippen molar-refractivity contribution in [3.05, 3.63) is 0 Å². The Kier molecular flexibility index (Phi) is 4.22. The van der Waals surface area contributed by atoms with Gasteiger partial charge in [-0.3, -0.25) is 4.79 Å². The van der Waals surface area contributed by atoms with Crippen LogP contribution in [-0.2, 0) is 4.79 Å². The maximum atomic E-state index is 11.5. The molecule has 0 saturated carbocycles. The maximum absolute atomic E-state index is 11.5. The fraction of sp³-hybridized carbons (Fsp3) is 0.889. The van der Waals surface area contributed by atoms with Crippen molar-refractivity contribution in [3.63, 3.8) is 0 Å². The van der Waals surface area contributed by atoms with E-state index in [0.717, 1.165) is 18.6 Å². The molecule has 0 radical (unpaired) electrons. The Morgan fingerprint density at radius 2 is 2.43 bits per heavy atom. The summed E-state index contributed by atoms with van der Waals surface area (Å²) in [5.74, 6) is 1.01. The molecule has 1 amide bonds. The topological polar surface area (TPSA) is 69.6 Å². The summed E-state index contributed by atoms with van der Waals surface area (Å²) in [7, 11) is 0. The SMILES string of the molecule is CC(O)(CO)CNC(=O)C1CCCS1. The second-order valence-electron chi connectivity index (χ2n) is 3.87. The lowest BCUT2D eigenvalue weighted by atomic mass is 10.1. The first-order valence-corrected chi connectivity index (χ1v) is 5.82. The van der Waals surface area contributed by atoms with E-state index in [-0.39, 0.29) is 24.3 Å². The highest BCUT2D eigenvalue weighted by Gasteiger charge is 2.26. The molecule has 82 valence electrons. The Balaban J connectivity index is 2.27. The lowest BCUT2D eigenvalue weighted by Crippen LogP contribution is -2.45. The van der Waals surface area contributed by atoms with Crippen LogP contribution in [0.3, 0.4) is 0 Å². The van der Waals surface area contributed by atoms with Gasteiger partial charge in [-0.2, -0.15) is 0 Å². The third kappa shape index (κ3) is 3.48. The Labute approximate surface area is 88.1 Å². The van der Waals surface area contributed by atoms with Gasteiger partial charge in [-0.15, -0.1) is 11.8 Å². The molecule has 2 atom stereocenters. The number of aliphatic hydroxyl groups excluding tert-OH is 1. The second kappa shape index (κ2) is 5.00. The summed E-state index contributed by atoms with van der Waals surface area (Å²) in [4.78, 5) is 11.5. The number of rotatable bonds is 4. The molecule has 0 spiro atoms. The van der Waals surface area contributed by atoms with Gasteiger partial charge in [0.2, 0.25) is 5.91 Å². The quantitative estimate of drug-likeness (QED) is 0.609. The van der Waals surface area contributed by atoms with Gasteiger partial charge in [-0.25, -0.2) is 0 Å². The van der Waals surface area contributed by atoms with Crippen LogP contribution in [0.1, 0.15) is 19.8 Å². The van der Waals surface area contributed by atoms with Crippen LogP contribution in [0.25, 0.3) is 0 Å². The molecule has 1 saturated heterocycles. The molecule has 0 aliphatic carbocycles.